The number of nitrogens with zero attached hydrogens (tertiary/aromatic N) is 2. The Kier molecular flexibility index (Phi) is 9.44. The molecule has 1 aliphatic heterocycles. The lowest BCUT2D eigenvalue weighted by atomic mass is 9.79. The molecule has 194 valence electrons. The molecule has 10 heteroatoms. The van der Waals surface area contributed by atoms with E-state index in [1.807, 2.05) is 0 Å². The Labute approximate surface area is 222 Å². The van der Waals surface area contributed by atoms with E-state index in [1.165, 1.54) is 29.0 Å². The SMILES string of the molecule is COc1ccc2ncc(Cl)c([C@@H](F)CC[C@@H]3CCN(CCSc4cc(F)cs4)C[C@H]3CC(=O)O)c2c1. The van der Waals surface area contributed by atoms with Gasteiger partial charge in [-0.05, 0) is 61.9 Å². The maximum atomic E-state index is 15.6. The summed E-state index contributed by atoms with van der Waals surface area (Å²) in [5.74, 6) is 0.455. The number of carboxylic acid groups (broad SMARTS) is 1. The molecule has 0 spiro atoms. The molecule has 3 atom stereocenters. The van der Waals surface area contributed by atoms with E-state index < -0.39 is 12.1 Å². The standard InChI is InChI=1S/C26H29ClF2N2O3S2/c1-34-19-3-5-23-20(12-19)26(21(27)13-30-23)22(29)4-2-16-6-7-31(14-17(16)10-24(32)33)8-9-35-25-11-18(28)15-36-25/h3,5,11-13,15-17,22H,2,4,6-10,14H2,1H3,(H,32,33)/t16-,17-,22+/m1/s1. The number of ether oxygens (including phenoxy) is 1. The van der Waals surface area contributed by atoms with Crippen LogP contribution in [0.1, 0.15) is 37.4 Å². The number of thioether (sulfide) groups is 1. The molecule has 5 nitrogen and oxygen atoms in total. The smallest absolute Gasteiger partial charge is 0.303 e. The van der Waals surface area contributed by atoms with E-state index in [1.54, 1.807) is 37.1 Å². The minimum absolute atomic E-state index is 0.0441. The Morgan fingerprint density at radius 3 is 2.94 bits per heavy atom. The van der Waals surface area contributed by atoms with Gasteiger partial charge in [-0.25, -0.2) is 8.78 Å². The number of fused-ring (bicyclic) bond motifs is 1. The zero-order chi connectivity index (χ0) is 25.7. The van der Waals surface area contributed by atoms with Crippen molar-refractivity contribution < 1.29 is 23.4 Å². The van der Waals surface area contributed by atoms with E-state index in [0.717, 1.165) is 29.5 Å². The average Bonchev–Trinajstić information content (AvgIpc) is 3.27. The molecule has 3 aromatic rings. The van der Waals surface area contributed by atoms with Crippen LogP contribution in [-0.2, 0) is 4.79 Å². The summed E-state index contributed by atoms with van der Waals surface area (Å²) in [5.41, 5.74) is 1.06. The van der Waals surface area contributed by atoms with Crippen molar-refractivity contribution in [1.82, 2.24) is 9.88 Å². The van der Waals surface area contributed by atoms with Crippen LogP contribution in [-0.4, -0.2) is 53.5 Å². The van der Waals surface area contributed by atoms with Gasteiger partial charge in [0.05, 0.1) is 21.9 Å². The third-order valence-electron chi connectivity index (χ3n) is 6.78. The summed E-state index contributed by atoms with van der Waals surface area (Å²) in [6, 6.07) is 6.86. The monoisotopic (exact) mass is 554 g/mol. The first-order chi connectivity index (χ1) is 17.3. The van der Waals surface area contributed by atoms with E-state index >= 15 is 4.39 Å². The second kappa shape index (κ2) is 12.5. The van der Waals surface area contributed by atoms with Crippen molar-refractivity contribution in [3.8, 4) is 5.75 Å². The Hall–Kier alpha value is -1.94. The largest absolute Gasteiger partial charge is 0.497 e. The zero-order valence-electron chi connectivity index (χ0n) is 20.0. The molecule has 1 saturated heterocycles. The number of alkyl halides is 1. The van der Waals surface area contributed by atoms with E-state index in [-0.39, 0.29) is 35.5 Å². The summed E-state index contributed by atoms with van der Waals surface area (Å²) in [6.07, 6.45) is 1.92. The normalized spacial score (nSPS) is 19.4. The number of benzene rings is 1. The van der Waals surface area contributed by atoms with Crippen LogP contribution in [0.15, 0.2) is 40.1 Å². The predicted molar refractivity (Wildman–Crippen MR) is 142 cm³/mol. The number of rotatable bonds is 11. The van der Waals surface area contributed by atoms with Crippen LogP contribution in [0.3, 0.4) is 0 Å². The number of likely N-dealkylation sites (tertiary alicyclic amines) is 1. The summed E-state index contributed by atoms with van der Waals surface area (Å²) >= 11 is 9.38. The van der Waals surface area contributed by atoms with Gasteiger partial charge in [-0.3, -0.25) is 9.78 Å². The van der Waals surface area contributed by atoms with Crippen molar-refractivity contribution in [2.24, 2.45) is 11.8 Å². The van der Waals surface area contributed by atoms with Gasteiger partial charge < -0.3 is 14.7 Å². The summed E-state index contributed by atoms with van der Waals surface area (Å²) in [7, 11) is 1.56. The lowest BCUT2D eigenvalue weighted by Gasteiger charge is -2.38. The Morgan fingerprint density at radius 1 is 1.39 bits per heavy atom. The molecular formula is C26H29ClF2N2O3S2. The summed E-state index contributed by atoms with van der Waals surface area (Å²) in [6.45, 7) is 2.32. The molecule has 0 aliphatic carbocycles. The number of carbonyl (C=O) groups is 1. The molecule has 1 aliphatic rings. The Balaban J connectivity index is 1.38. The van der Waals surface area contributed by atoms with Crippen molar-refractivity contribution in [1.29, 1.82) is 0 Å². The van der Waals surface area contributed by atoms with Crippen LogP contribution >= 0.6 is 34.7 Å². The molecule has 2 aromatic heterocycles. The summed E-state index contributed by atoms with van der Waals surface area (Å²) in [5, 5.41) is 11.9. The molecule has 3 heterocycles. The van der Waals surface area contributed by atoms with Gasteiger partial charge in [0.1, 0.15) is 17.7 Å². The number of piperidine rings is 1. The third kappa shape index (κ3) is 6.88. The minimum atomic E-state index is -1.29. The highest BCUT2D eigenvalue weighted by atomic mass is 35.5. The second-order valence-electron chi connectivity index (χ2n) is 9.09. The van der Waals surface area contributed by atoms with E-state index in [4.69, 9.17) is 16.3 Å². The molecule has 36 heavy (non-hydrogen) atoms. The van der Waals surface area contributed by atoms with Gasteiger partial charge >= 0.3 is 5.97 Å². The maximum Gasteiger partial charge on any atom is 0.303 e. The first kappa shape index (κ1) is 27.1. The van der Waals surface area contributed by atoms with Gasteiger partial charge in [0.15, 0.2) is 0 Å². The van der Waals surface area contributed by atoms with Crippen molar-refractivity contribution in [2.45, 2.75) is 36.1 Å². The number of halogens is 3. The van der Waals surface area contributed by atoms with E-state index in [0.29, 0.717) is 35.2 Å². The molecule has 0 saturated carbocycles. The highest BCUT2D eigenvalue weighted by Crippen LogP contribution is 2.39. The number of hydrogen-bond acceptors (Lipinski definition) is 6. The number of pyridine rings is 1. The predicted octanol–water partition coefficient (Wildman–Crippen LogP) is 7.09. The van der Waals surface area contributed by atoms with Crippen molar-refractivity contribution in [3.05, 3.63) is 52.2 Å². The lowest BCUT2D eigenvalue weighted by molar-refractivity contribution is -0.139. The minimum Gasteiger partial charge on any atom is -0.497 e. The molecule has 0 radical (unpaired) electrons. The number of aromatic nitrogens is 1. The van der Waals surface area contributed by atoms with Crippen LogP contribution in [0.25, 0.3) is 10.9 Å². The number of hydrogen-bond donors (Lipinski definition) is 1. The molecule has 1 N–H and O–H groups in total. The highest BCUT2D eigenvalue weighted by Gasteiger charge is 2.31. The molecule has 1 aromatic carbocycles. The molecule has 4 rings (SSSR count). The first-order valence-corrected chi connectivity index (χ1v) is 14.2. The van der Waals surface area contributed by atoms with E-state index in [9.17, 15) is 14.3 Å². The Bertz CT molecular complexity index is 1200. The van der Waals surface area contributed by atoms with Gasteiger partial charge in [0, 0.05) is 47.8 Å². The first-order valence-electron chi connectivity index (χ1n) is 11.9. The number of thiophene rings is 1. The highest BCUT2D eigenvalue weighted by molar-refractivity contribution is 8.01. The molecular weight excluding hydrogens is 526 g/mol. The fourth-order valence-corrected chi connectivity index (χ4v) is 7.12. The maximum absolute atomic E-state index is 15.6. The fourth-order valence-electron chi connectivity index (χ4n) is 4.96. The number of methoxy groups -OCH3 is 1. The summed E-state index contributed by atoms with van der Waals surface area (Å²) in [4.78, 5) is 18.1. The molecule has 0 unspecified atom stereocenters. The molecule has 0 amide bonds. The number of carboxylic acids is 1. The van der Waals surface area contributed by atoms with Gasteiger partial charge in [0.25, 0.3) is 0 Å². The van der Waals surface area contributed by atoms with Crippen molar-refractivity contribution in [2.75, 3.05) is 32.5 Å². The van der Waals surface area contributed by atoms with Crippen LogP contribution in [0.5, 0.6) is 5.75 Å². The number of aliphatic carboxylic acids is 1. The van der Waals surface area contributed by atoms with E-state index in [2.05, 4.69) is 9.88 Å². The molecule has 0 bridgehead atoms. The van der Waals surface area contributed by atoms with Gasteiger partial charge in [-0.15, -0.1) is 23.1 Å². The van der Waals surface area contributed by atoms with Crippen molar-refractivity contribution >= 4 is 51.6 Å². The molecule has 1 fully saturated rings. The average molecular weight is 555 g/mol. The lowest BCUT2D eigenvalue weighted by Crippen LogP contribution is -2.42. The van der Waals surface area contributed by atoms with Crippen LogP contribution in [0, 0.1) is 17.7 Å². The van der Waals surface area contributed by atoms with Crippen molar-refractivity contribution in [3.63, 3.8) is 0 Å². The van der Waals surface area contributed by atoms with Gasteiger partial charge in [-0.2, -0.15) is 0 Å². The quantitative estimate of drug-likeness (QED) is 0.255. The zero-order valence-corrected chi connectivity index (χ0v) is 22.4. The Morgan fingerprint density at radius 2 is 2.22 bits per heavy atom. The van der Waals surface area contributed by atoms with Crippen LogP contribution < -0.4 is 4.74 Å². The fraction of sp³-hybridized carbons (Fsp3) is 0.462. The van der Waals surface area contributed by atoms with Crippen LogP contribution in [0.2, 0.25) is 5.02 Å². The second-order valence-corrected chi connectivity index (χ2v) is 11.8. The third-order valence-corrected chi connectivity index (χ3v) is 9.21. The topological polar surface area (TPSA) is 62.7 Å². The van der Waals surface area contributed by atoms with Gasteiger partial charge in [-0.1, -0.05) is 11.6 Å². The van der Waals surface area contributed by atoms with Crippen LogP contribution in [0.4, 0.5) is 8.78 Å². The van der Waals surface area contributed by atoms with Gasteiger partial charge in [0.2, 0.25) is 0 Å². The summed E-state index contributed by atoms with van der Waals surface area (Å²) < 4.78 is 35.0.